The lowest BCUT2D eigenvalue weighted by atomic mass is 9.85. The van der Waals surface area contributed by atoms with Crippen LogP contribution >= 0.6 is 0 Å². The predicted molar refractivity (Wildman–Crippen MR) is 82.4 cm³/mol. The van der Waals surface area contributed by atoms with E-state index < -0.39 is 0 Å². The molecule has 1 N–H and O–H groups in total. The number of hydrogen-bond acceptors (Lipinski definition) is 2. The van der Waals surface area contributed by atoms with Gasteiger partial charge in [0.25, 0.3) is 0 Å². The lowest BCUT2D eigenvalue weighted by Crippen LogP contribution is -2.32. The molecular weight excluding hydrogens is 234 g/mol. The Bertz CT molecular complexity index is 379. The minimum absolute atomic E-state index is 0.0725. The van der Waals surface area contributed by atoms with Crippen molar-refractivity contribution in [2.24, 2.45) is 5.41 Å². The highest BCUT2D eigenvalue weighted by Crippen LogP contribution is 2.23. The van der Waals surface area contributed by atoms with Gasteiger partial charge in [0.15, 0.2) is 0 Å². The molecule has 108 valence electrons. The van der Waals surface area contributed by atoms with Gasteiger partial charge in [0.2, 0.25) is 0 Å². The maximum atomic E-state index is 4.73. The summed E-state index contributed by atoms with van der Waals surface area (Å²) in [6.07, 6.45) is 7.37. The van der Waals surface area contributed by atoms with Crippen LogP contribution in [0.3, 0.4) is 0 Å². The summed E-state index contributed by atoms with van der Waals surface area (Å²) in [6, 6.07) is 2.67. The van der Waals surface area contributed by atoms with E-state index >= 15 is 0 Å². The SMILES string of the molecule is C=CC(C)(CNCC)Cc1ccn(C(CC)CC)n1. The van der Waals surface area contributed by atoms with Gasteiger partial charge in [0.1, 0.15) is 0 Å². The average molecular weight is 263 g/mol. The van der Waals surface area contributed by atoms with Crippen LogP contribution in [0.25, 0.3) is 0 Å². The fraction of sp³-hybridized carbons (Fsp3) is 0.688. The second-order valence-corrected chi connectivity index (χ2v) is 5.57. The van der Waals surface area contributed by atoms with Gasteiger partial charge in [-0.25, -0.2) is 0 Å². The van der Waals surface area contributed by atoms with E-state index in [-0.39, 0.29) is 5.41 Å². The van der Waals surface area contributed by atoms with Gasteiger partial charge in [-0.1, -0.05) is 33.8 Å². The molecule has 1 atom stereocenters. The van der Waals surface area contributed by atoms with Gasteiger partial charge in [0, 0.05) is 24.6 Å². The Hall–Kier alpha value is -1.09. The zero-order chi connectivity index (χ0) is 14.3. The first kappa shape index (κ1) is 16.0. The number of rotatable bonds is 9. The van der Waals surface area contributed by atoms with Crippen LogP contribution in [0.4, 0.5) is 0 Å². The summed E-state index contributed by atoms with van der Waals surface area (Å²) in [7, 11) is 0. The summed E-state index contributed by atoms with van der Waals surface area (Å²) >= 11 is 0. The van der Waals surface area contributed by atoms with E-state index in [2.05, 4.69) is 56.5 Å². The third kappa shape index (κ3) is 4.50. The molecule has 0 aliphatic rings. The van der Waals surface area contributed by atoms with E-state index in [1.165, 1.54) is 0 Å². The fourth-order valence-electron chi connectivity index (χ4n) is 2.37. The maximum Gasteiger partial charge on any atom is 0.0633 e. The van der Waals surface area contributed by atoms with E-state index in [9.17, 15) is 0 Å². The largest absolute Gasteiger partial charge is 0.316 e. The van der Waals surface area contributed by atoms with Gasteiger partial charge < -0.3 is 5.32 Å². The molecule has 1 heterocycles. The van der Waals surface area contributed by atoms with Gasteiger partial charge >= 0.3 is 0 Å². The number of nitrogens with zero attached hydrogens (tertiary/aromatic N) is 2. The highest BCUT2D eigenvalue weighted by atomic mass is 15.3. The molecule has 1 rings (SSSR count). The van der Waals surface area contributed by atoms with Crippen molar-refractivity contribution in [3.8, 4) is 0 Å². The van der Waals surface area contributed by atoms with Gasteiger partial charge in [-0.2, -0.15) is 5.10 Å². The summed E-state index contributed by atoms with van der Waals surface area (Å²) in [5.74, 6) is 0. The van der Waals surface area contributed by atoms with Crippen molar-refractivity contribution < 1.29 is 0 Å². The Balaban J connectivity index is 2.73. The number of nitrogens with one attached hydrogen (secondary N) is 1. The zero-order valence-electron chi connectivity index (χ0n) is 12.9. The minimum atomic E-state index is 0.0725. The molecule has 0 bridgehead atoms. The second-order valence-electron chi connectivity index (χ2n) is 5.57. The van der Waals surface area contributed by atoms with Crippen LogP contribution in [0.2, 0.25) is 0 Å². The van der Waals surface area contributed by atoms with Crippen LogP contribution in [0.15, 0.2) is 24.9 Å². The van der Waals surface area contributed by atoms with Crippen molar-refractivity contribution in [2.45, 2.75) is 53.0 Å². The summed E-state index contributed by atoms with van der Waals surface area (Å²) in [4.78, 5) is 0. The number of hydrogen-bond donors (Lipinski definition) is 1. The van der Waals surface area contributed by atoms with Crippen LogP contribution in [0.5, 0.6) is 0 Å². The zero-order valence-corrected chi connectivity index (χ0v) is 12.9. The molecule has 1 aromatic rings. The van der Waals surface area contributed by atoms with E-state index in [0.717, 1.165) is 38.0 Å². The second kappa shape index (κ2) is 7.49. The molecule has 1 unspecified atom stereocenters. The molecule has 0 amide bonds. The van der Waals surface area contributed by atoms with Crippen LogP contribution in [0, 0.1) is 5.41 Å². The molecule has 0 aliphatic carbocycles. The van der Waals surface area contributed by atoms with E-state index in [1.54, 1.807) is 0 Å². The topological polar surface area (TPSA) is 29.9 Å². The lowest BCUT2D eigenvalue weighted by molar-refractivity contribution is 0.381. The van der Waals surface area contributed by atoms with Crippen molar-refractivity contribution in [3.63, 3.8) is 0 Å². The number of aromatic nitrogens is 2. The third-order valence-electron chi connectivity index (χ3n) is 3.84. The van der Waals surface area contributed by atoms with E-state index in [1.807, 2.05) is 6.08 Å². The van der Waals surface area contributed by atoms with Gasteiger partial charge in [0.05, 0.1) is 11.7 Å². The molecule has 0 spiro atoms. The summed E-state index contributed by atoms with van der Waals surface area (Å²) in [5, 5.41) is 8.14. The van der Waals surface area contributed by atoms with Crippen molar-refractivity contribution in [1.82, 2.24) is 15.1 Å². The van der Waals surface area contributed by atoms with Crippen LogP contribution < -0.4 is 5.32 Å². The molecule has 0 saturated carbocycles. The molecule has 0 radical (unpaired) electrons. The van der Waals surface area contributed by atoms with Crippen molar-refractivity contribution >= 4 is 0 Å². The Morgan fingerprint density at radius 3 is 2.63 bits per heavy atom. The van der Waals surface area contributed by atoms with Crippen molar-refractivity contribution in [3.05, 3.63) is 30.6 Å². The fourth-order valence-corrected chi connectivity index (χ4v) is 2.37. The minimum Gasteiger partial charge on any atom is -0.316 e. The summed E-state index contributed by atoms with van der Waals surface area (Å²) in [6.45, 7) is 14.7. The van der Waals surface area contributed by atoms with Crippen LogP contribution in [-0.2, 0) is 6.42 Å². The summed E-state index contributed by atoms with van der Waals surface area (Å²) < 4.78 is 2.12. The highest BCUT2D eigenvalue weighted by molar-refractivity contribution is 5.08. The lowest BCUT2D eigenvalue weighted by Gasteiger charge is -2.25. The normalized spacial score (nSPS) is 14.6. The first-order valence-corrected chi connectivity index (χ1v) is 7.46. The molecule has 19 heavy (non-hydrogen) atoms. The molecule has 0 fully saturated rings. The molecule has 3 nitrogen and oxygen atoms in total. The molecule has 0 aliphatic heterocycles. The predicted octanol–water partition coefficient (Wildman–Crippen LogP) is 3.59. The molecular formula is C16H29N3. The van der Waals surface area contributed by atoms with Crippen molar-refractivity contribution in [2.75, 3.05) is 13.1 Å². The van der Waals surface area contributed by atoms with Crippen molar-refractivity contribution in [1.29, 1.82) is 0 Å². The monoisotopic (exact) mass is 263 g/mol. The smallest absolute Gasteiger partial charge is 0.0633 e. The molecule has 0 aromatic carbocycles. The Kier molecular flexibility index (Phi) is 6.29. The molecule has 0 saturated heterocycles. The quantitative estimate of drug-likeness (QED) is 0.690. The highest BCUT2D eigenvalue weighted by Gasteiger charge is 2.22. The standard InChI is InChI=1S/C16H29N3/c1-6-15(7-2)19-11-10-14(18-19)12-16(5,8-3)13-17-9-4/h8,10-11,15,17H,3,6-7,9,12-13H2,1-2,4-5H3. The van der Waals surface area contributed by atoms with Crippen LogP contribution in [-0.4, -0.2) is 22.9 Å². The third-order valence-corrected chi connectivity index (χ3v) is 3.84. The van der Waals surface area contributed by atoms with E-state index in [4.69, 9.17) is 5.10 Å². The molecule has 1 aromatic heterocycles. The Labute approximate surface area is 118 Å². The van der Waals surface area contributed by atoms with Gasteiger partial charge in [-0.15, -0.1) is 6.58 Å². The summed E-state index contributed by atoms with van der Waals surface area (Å²) in [5.41, 5.74) is 1.23. The maximum absolute atomic E-state index is 4.73. The molecule has 3 heteroatoms. The van der Waals surface area contributed by atoms with Gasteiger partial charge in [-0.3, -0.25) is 4.68 Å². The Morgan fingerprint density at radius 1 is 1.42 bits per heavy atom. The van der Waals surface area contributed by atoms with Gasteiger partial charge in [-0.05, 0) is 25.5 Å². The first-order chi connectivity index (χ1) is 9.08. The Morgan fingerprint density at radius 2 is 2.11 bits per heavy atom. The first-order valence-electron chi connectivity index (χ1n) is 7.46. The van der Waals surface area contributed by atoms with Crippen LogP contribution in [0.1, 0.15) is 52.3 Å². The van der Waals surface area contributed by atoms with E-state index in [0.29, 0.717) is 6.04 Å². The average Bonchev–Trinajstić information content (AvgIpc) is 2.86.